The van der Waals surface area contributed by atoms with Gasteiger partial charge in [-0.2, -0.15) is 0 Å². The number of ether oxygens (including phenoxy) is 1. The standard InChI is InChI=1S/C28H36FN3O4/c1-27(34,21-29)28(2,26(33)31-35)30-15-3-4-22-5-7-23(8-6-22)9-10-24-11-13-25(14-12-24)20-32-16-18-36-19-17-32/h5-8,11-14,30,34-35H,3-4,15-21H2,1-2H3,(H,31,33)/t27-,28?/m1/s1. The highest BCUT2D eigenvalue weighted by Gasteiger charge is 2.49. The number of benzene rings is 2. The van der Waals surface area contributed by atoms with Gasteiger partial charge < -0.3 is 15.2 Å². The number of morpholine rings is 1. The molecule has 0 aliphatic carbocycles. The Labute approximate surface area is 212 Å². The third kappa shape index (κ3) is 7.36. The van der Waals surface area contributed by atoms with E-state index in [0.717, 1.165) is 56.0 Å². The summed E-state index contributed by atoms with van der Waals surface area (Å²) in [7, 11) is 0. The first-order valence-corrected chi connectivity index (χ1v) is 12.3. The molecule has 1 saturated heterocycles. The Kier molecular flexibility index (Phi) is 9.99. The van der Waals surface area contributed by atoms with Crippen LogP contribution in [0, 0.1) is 11.8 Å². The number of alkyl halides is 1. The van der Waals surface area contributed by atoms with E-state index < -0.39 is 23.7 Å². The van der Waals surface area contributed by atoms with Crippen molar-refractivity contribution in [2.24, 2.45) is 0 Å². The average molecular weight is 498 g/mol. The molecule has 0 spiro atoms. The maximum absolute atomic E-state index is 13.3. The molecule has 8 heteroatoms. The number of hydroxylamine groups is 1. The van der Waals surface area contributed by atoms with E-state index in [4.69, 9.17) is 9.94 Å². The summed E-state index contributed by atoms with van der Waals surface area (Å²) in [6.07, 6.45) is 1.37. The van der Waals surface area contributed by atoms with Gasteiger partial charge in [-0.1, -0.05) is 36.1 Å². The van der Waals surface area contributed by atoms with Gasteiger partial charge in [-0.05, 0) is 68.6 Å². The first-order chi connectivity index (χ1) is 17.3. The Bertz CT molecular complexity index is 1040. The predicted molar refractivity (Wildman–Crippen MR) is 136 cm³/mol. The topological polar surface area (TPSA) is 94.1 Å². The lowest BCUT2D eigenvalue weighted by Gasteiger charge is -2.39. The van der Waals surface area contributed by atoms with Crippen LogP contribution < -0.4 is 10.8 Å². The highest BCUT2D eigenvalue weighted by Crippen LogP contribution is 2.23. The summed E-state index contributed by atoms with van der Waals surface area (Å²) < 4.78 is 18.7. The van der Waals surface area contributed by atoms with E-state index in [1.54, 1.807) is 0 Å². The summed E-state index contributed by atoms with van der Waals surface area (Å²) in [5, 5.41) is 22.2. The molecule has 0 saturated carbocycles. The molecule has 2 aromatic rings. The molecule has 0 aromatic heterocycles. The van der Waals surface area contributed by atoms with E-state index in [9.17, 15) is 14.3 Å². The monoisotopic (exact) mass is 497 g/mol. The van der Waals surface area contributed by atoms with E-state index in [0.29, 0.717) is 13.0 Å². The Hall–Kier alpha value is -2.80. The Morgan fingerprint density at radius 3 is 2.11 bits per heavy atom. The second kappa shape index (κ2) is 12.9. The molecule has 36 heavy (non-hydrogen) atoms. The van der Waals surface area contributed by atoms with Crippen LogP contribution >= 0.6 is 0 Å². The minimum atomic E-state index is -1.97. The lowest BCUT2D eigenvalue weighted by molar-refractivity contribution is -0.148. The van der Waals surface area contributed by atoms with Gasteiger partial charge >= 0.3 is 0 Å². The molecule has 194 valence electrons. The lowest BCUT2D eigenvalue weighted by Crippen LogP contribution is -2.68. The zero-order valence-electron chi connectivity index (χ0n) is 21.0. The van der Waals surface area contributed by atoms with Crippen molar-refractivity contribution in [2.45, 2.75) is 44.4 Å². The molecule has 0 radical (unpaired) electrons. The van der Waals surface area contributed by atoms with Crippen LogP contribution in [0.5, 0.6) is 0 Å². The van der Waals surface area contributed by atoms with Gasteiger partial charge in [0.05, 0.1) is 13.2 Å². The van der Waals surface area contributed by atoms with E-state index in [1.165, 1.54) is 24.9 Å². The smallest absolute Gasteiger partial charge is 0.266 e. The van der Waals surface area contributed by atoms with Gasteiger partial charge in [0.25, 0.3) is 5.91 Å². The van der Waals surface area contributed by atoms with Gasteiger partial charge in [0, 0.05) is 30.8 Å². The largest absolute Gasteiger partial charge is 0.385 e. The SMILES string of the molecule is CC(NCCCc1ccc(C#Cc2ccc(CN3CCOCC3)cc2)cc1)(C(=O)NO)[C@](C)(O)CF. The van der Waals surface area contributed by atoms with Gasteiger partial charge in [0.1, 0.15) is 17.8 Å². The Balaban J connectivity index is 1.48. The summed E-state index contributed by atoms with van der Waals surface area (Å²) in [5.74, 6) is 5.52. The van der Waals surface area contributed by atoms with Crippen LogP contribution in [0.25, 0.3) is 0 Å². The number of nitrogens with one attached hydrogen (secondary N) is 2. The van der Waals surface area contributed by atoms with Crippen molar-refractivity contribution in [1.82, 2.24) is 15.7 Å². The highest BCUT2D eigenvalue weighted by atomic mass is 19.1. The molecular formula is C28H36FN3O4. The summed E-state index contributed by atoms with van der Waals surface area (Å²) in [6, 6.07) is 16.3. The van der Waals surface area contributed by atoms with Crippen molar-refractivity contribution >= 4 is 5.91 Å². The molecule has 1 aliphatic heterocycles. The fraction of sp³-hybridized carbons (Fsp3) is 0.464. The second-order valence-electron chi connectivity index (χ2n) is 9.54. The number of aliphatic hydroxyl groups is 1. The Morgan fingerprint density at radius 1 is 1.03 bits per heavy atom. The van der Waals surface area contributed by atoms with Crippen molar-refractivity contribution in [3.63, 3.8) is 0 Å². The fourth-order valence-corrected chi connectivity index (χ4v) is 4.00. The summed E-state index contributed by atoms with van der Waals surface area (Å²) in [4.78, 5) is 14.4. The van der Waals surface area contributed by atoms with E-state index in [2.05, 4.69) is 46.3 Å². The molecule has 1 heterocycles. The van der Waals surface area contributed by atoms with Gasteiger partial charge in [0.15, 0.2) is 0 Å². The van der Waals surface area contributed by atoms with Gasteiger partial charge in [0.2, 0.25) is 0 Å². The summed E-state index contributed by atoms with van der Waals surface area (Å²) in [6.45, 7) is 6.26. The zero-order valence-corrected chi connectivity index (χ0v) is 21.0. The summed E-state index contributed by atoms with van der Waals surface area (Å²) in [5.41, 5.74) is 2.12. The van der Waals surface area contributed by atoms with Crippen LogP contribution in [0.2, 0.25) is 0 Å². The molecule has 2 aromatic carbocycles. The number of hydrogen-bond donors (Lipinski definition) is 4. The first kappa shape index (κ1) is 27.8. The minimum absolute atomic E-state index is 0.350. The highest BCUT2D eigenvalue weighted by molar-refractivity contribution is 5.86. The molecule has 4 N–H and O–H groups in total. The molecule has 1 unspecified atom stereocenters. The van der Waals surface area contributed by atoms with E-state index in [1.807, 2.05) is 24.3 Å². The Morgan fingerprint density at radius 2 is 1.58 bits per heavy atom. The quantitative estimate of drug-likeness (QED) is 0.174. The van der Waals surface area contributed by atoms with E-state index >= 15 is 0 Å². The van der Waals surface area contributed by atoms with Gasteiger partial charge in [-0.25, -0.2) is 9.87 Å². The molecule has 1 aliphatic rings. The minimum Gasteiger partial charge on any atom is -0.385 e. The first-order valence-electron chi connectivity index (χ1n) is 12.3. The lowest BCUT2D eigenvalue weighted by atomic mass is 9.82. The van der Waals surface area contributed by atoms with Crippen molar-refractivity contribution in [3.8, 4) is 11.8 Å². The van der Waals surface area contributed by atoms with Crippen LogP contribution in [-0.4, -0.2) is 71.8 Å². The molecule has 2 atom stereocenters. The molecule has 3 rings (SSSR count). The third-order valence-corrected chi connectivity index (χ3v) is 6.78. The predicted octanol–water partition coefficient (Wildman–Crippen LogP) is 2.43. The number of aryl methyl sites for hydroxylation is 1. The zero-order chi connectivity index (χ0) is 26.0. The van der Waals surface area contributed by atoms with Crippen LogP contribution in [0.4, 0.5) is 4.39 Å². The molecular weight excluding hydrogens is 461 g/mol. The number of carbonyl (C=O) groups is 1. The number of nitrogens with zero attached hydrogens (tertiary/aromatic N) is 1. The van der Waals surface area contributed by atoms with Gasteiger partial charge in [-0.3, -0.25) is 14.9 Å². The van der Waals surface area contributed by atoms with Crippen molar-refractivity contribution in [2.75, 3.05) is 39.5 Å². The summed E-state index contributed by atoms with van der Waals surface area (Å²) >= 11 is 0. The second-order valence-corrected chi connectivity index (χ2v) is 9.54. The van der Waals surface area contributed by atoms with Crippen molar-refractivity contribution < 1.29 is 24.2 Å². The number of rotatable bonds is 10. The van der Waals surface area contributed by atoms with Crippen LogP contribution in [0.1, 0.15) is 42.5 Å². The average Bonchev–Trinajstić information content (AvgIpc) is 2.91. The normalized spacial score (nSPS) is 17.4. The molecule has 1 fully saturated rings. The number of amides is 1. The van der Waals surface area contributed by atoms with Crippen molar-refractivity contribution in [3.05, 3.63) is 70.8 Å². The van der Waals surface area contributed by atoms with Gasteiger partial charge in [-0.15, -0.1) is 0 Å². The van der Waals surface area contributed by atoms with Crippen LogP contribution in [0.3, 0.4) is 0 Å². The maximum Gasteiger partial charge on any atom is 0.266 e. The third-order valence-electron chi connectivity index (χ3n) is 6.78. The van der Waals surface area contributed by atoms with Crippen LogP contribution in [0.15, 0.2) is 48.5 Å². The molecule has 0 bridgehead atoms. The van der Waals surface area contributed by atoms with E-state index in [-0.39, 0.29) is 0 Å². The number of hydrogen-bond acceptors (Lipinski definition) is 6. The number of carbonyl (C=O) groups excluding carboxylic acids is 1. The number of halogens is 1. The fourth-order valence-electron chi connectivity index (χ4n) is 4.00. The molecule has 1 amide bonds. The molecule has 7 nitrogen and oxygen atoms in total. The van der Waals surface area contributed by atoms with Crippen molar-refractivity contribution in [1.29, 1.82) is 0 Å². The maximum atomic E-state index is 13.3. The van der Waals surface area contributed by atoms with Crippen LogP contribution in [-0.2, 0) is 22.5 Å².